The number of nitrogens with one attached hydrogen (secondary N) is 1. The third-order valence-electron chi connectivity index (χ3n) is 4.40. The lowest BCUT2D eigenvalue weighted by molar-refractivity contribution is 0.415. The van der Waals surface area contributed by atoms with Crippen LogP contribution in [-0.4, -0.2) is 32.8 Å². The van der Waals surface area contributed by atoms with E-state index in [0.717, 1.165) is 17.0 Å². The van der Waals surface area contributed by atoms with E-state index in [0.29, 0.717) is 30.2 Å². The summed E-state index contributed by atoms with van der Waals surface area (Å²) in [6.45, 7) is 3.31. The first kappa shape index (κ1) is 14.6. The van der Waals surface area contributed by atoms with Crippen molar-refractivity contribution in [1.29, 1.82) is 0 Å². The van der Waals surface area contributed by atoms with Crippen molar-refractivity contribution in [2.45, 2.75) is 13.5 Å². The van der Waals surface area contributed by atoms with E-state index in [4.69, 9.17) is 4.74 Å². The summed E-state index contributed by atoms with van der Waals surface area (Å²) < 4.78 is 8.66. The Morgan fingerprint density at radius 1 is 1.25 bits per heavy atom. The average molecular weight is 327 g/mol. The van der Waals surface area contributed by atoms with Crippen LogP contribution >= 0.6 is 0 Å². The summed E-state index contributed by atoms with van der Waals surface area (Å²) in [5.74, 6) is 1.38. The predicted octanol–water partition coefficient (Wildman–Crippen LogP) is 0.892. The molecule has 4 rings (SSSR count). The molecular weight excluding hydrogens is 310 g/mol. The number of methoxy groups -OCH3 is 1. The predicted molar refractivity (Wildman–Crippen MR) is 90.3 cm³/mol. The Balaban J connectivity index is 1.98. The molecule has 0 unspecified atom stereocenters. The molecule has 0 bridgehead atoms. The first-order chi connectivity index (χ1) is 11.5. The second kappa shape index (κ2) is 4.98. The fourth-order valence-corrected chi connectivity index (χ4v) is 3.18. The zero-order valence-electron chi connectivity index (χ0n) is 13.7. The molecule has 0 atom stereocenters. The molecule has 3 aromatic rings. The topological polar surface area (TPSA) is 85.2 Å². The van der Waals surface area contributed by atoms with Crippen LogP contribution in [0.3, 0.4) is 0 Å². The number of H-pyrrole nitrogens is 1. The van der Waals surface area contributed by atoms with Crippen molar-refractivity contribution in [2.75, 3.05) is 18.6 Å². The molecule has 1 aromatic carbocycles. The Kier molecular flexibility index (Phi) is 3.02. The van der Waals surface area contributed by atoms with Gasteiger partial charge in [-0.25, -0.2) is 4.79 Å². The van der Waals surface area contributed by atoms with Crippen LogP contribution in [0.15, 0.2) is 27.8 Å². The van der Waals surface area contributed by atoms with Crippen LogP contribution in [-0.2, 0) is 13.6 Å². The van der Waals surface area contributed by atoms with Gasteiger partial charge in [0.25, 0.3) is 5.56 Å². The minimum absolute atomic E-state index is 0.384. The number of imidazole rings is 1. The number of rotatable bonds is 2. The van der Waals surface area contributed by atoms with Crippen LogP contribution in [0.1, 0.15) is 5.56 Å². The van der Waals surface area contributed by atoms with Gasteiger partial charge in [-0.2, -0.15) is 4.98 Å². The highest BCUT2D eigenvalue weighted by Crippen LogP contribution is 2.37. The minimum atomic E-state index is -0.469. The highest BCUT2D eigenvalue weighted by atomic mass is 16.5. The Morgan fingerprint density at radius 3 is 2.79 bits per heavy atom. The van der Waals surface area contributed by atoms with Gasteiger partial charge >= 0.3 is 5.69 Å². The lowest BCUT2D eigenvalue weighted by Gasteiger charge is -2.19. The van der Waals surface area contributed by atoms with Crippen LogP contribution < -0.4 is 20.9 Å². The van der Waals surface area contributed by atoms with Gasteiger partial charge in [-0.1, -0.05) is 6.07 Å². The Hall–Kier alpha value is -3.03. The molecule has 0 saturated carbocycles. The monoisotopic (exact) mass is 327 g/mol. The van der Waals surface area contributed by atoms with E-state index in [1.54, 1.807) is 14.2 Å². The van der Waals surface area contributed by atoms with E-state index >= 15 is 0 Å². The van der Waals surface area contributed by atoms with E-state index in [-0.39, 0.29) is 0 Å². The Labute approximate surface area is 136 Å². The molecule has 1 aliphatic heterocycles. The summed E-state index contributed by atoms with van der Waals surface area (Å²) in [5.41, 5.74) is 1.92. The molecule has 0 amide bonds. The molecule has 0 saturated heterocycles. The number of hydrogen-bond donors (Lipinski definition) is 1. The van der Waals surface area contributed by atoms with Crippen LogP contribution in [0, 0.1) is 6.92 Å². The second-order valence-corrected chi connectivity index (χ2v) is 5.88. The normalized spacial score (nSPS) is 13.5. The van der Waals surface area contributed by atoms with Crippen LogP contribution in [0.2, 0.25) is 0 Å². The zero-order valence-corrected chi connectivity index (χ0v) is 13.7. The van der Waals surface area contributed by atoms with Gasteiger partial charge in [-0.3, -0.25) is 14.3 Å². The van der Waals surface area contributed by atoms with Gasteiger partial charge in [0, 0.05) is 20.1 Å². The largest absolute Gasteiger partial charge is 0.495 e. The lowest BCUT2D eigenvalue weighted by atomic mass is 10.2. The summed E-state index contributed by atoms with van der Waals surface area (Å²) in [6, 6.07) is 5.92. The highest BCUT2D eigenvalue weighted by Gasteiger charge is 2.29. The number of ether oxygens (including phenoxy) is 1. The number of aromatic nitrogens is 4. The van der Waals surface area contributed by atoms with E-state index in [2.05, 4.69) is 9.97 Å². The van der Waals surface area contributed by atoms with Gasteiger partial charge in [0.15, 0.2) is 11.2 Å². The zero-order chi connectivity index (χ0) is 17.0. The van der Waals surface area contributed by atoms with Crippen molar-refractivity contribution in [3.63, 3.8) is 0 Å². The smallest absolute Gasteiger partial charge is 0.329 e. The van der Waals surface area contributed by atoms with Gasteiger partial charge in [-0.05, 0) is 24.6 Å². The van der Waals surface area contributed by atoms with Crippen LogP contribution in [0.25, 0.3) is 11.2 Å². The first-order valence-corrected chi connectivity index (χ1v) is 7.63. The fourth-order valence-electron chi connectivity index (χ4n) is 3.18. The van der Waals surface area contributed by atoms with E-state index in [1.165, 1.54) is 4.57 Å². The molecule has 8 heteroatoms. The third kappa shape index (κ3) is 1.89. The maximum Gasteiger partial charge on any atom is 0.329 e. The number of fused-ring (bicyclic) bond motifs is 3. The molecule has 1 aliphatic rings. The maximum atomic E-state index is 12.2. The average Bonchev–Trinajstić information content (AvgIpc) is 3.11. The number of aromatic amines is 1. The standard InChI is InChI=1S/C16H17N5O3/c1-9-4-5-11(24-3)10(8-9)20-6-7-21-12-13(17-15(20)21)19(2)16(23)18-14(12)22/h4-5,8H,6-7H2,1-3H3,(H,18,22,23). The maximum absolute atomic E-state index is 12.2. The van der Waals surface area contributed by atoms with Crippen molar-refractivity contribution in [2.24, 2.45) is 7.05 Å². The molecule has 1 N–H and O–H groups in total. The molecule has 8 nitrogen and oxygen atoms in total. The fraction of sp³-hybridized carbons (Fsp3) is 0.312. The molecule has 124 valence electrons. The van der Waals surface area contributed by atoms with Gasteiger partial charge in [0.2, 0.25) is 5.95 Å². The SMILES string of the molecule is COc1ccc(C)cc1N1CCn2c1nc1c2c(=O)[nH]c(=O)n1C. The number of aryl methyl sites for hydroxylation is 2. The third-order valence-corrected chi connectivity index (χ3v) is 4.40. The van der Waals surface area contributed by atoms with Crippen molar-refractivity contribution in [3.05, 3.63) is 44.6 Å². The van der Waals surface area contributed by atoms with Gasteiger partial charge in [-0.15, -0.1) is 0 Å². The molecule has 0 radical (unpaired) electrons. The molecule has 0 spiro atoms. The Bertz CT molecular complexity index is 1080. The summed E-state index contributed by atoms with van der Waals surface area (Å²) >= 11 is 0. The summed E-state index contributed by atoms with van der Waals surface area (Å²) in [6.07, 6.45) is 0. The van der Waals surface area contributed by atoms with Crippen LogP contribution in [0.4, 0.5) is 11.6 Å². The Morgan fingerprint density at radius 2 is 2.04 bits per heavy atom. The molecule has 0 fully saturated rings. The second-order valence-electron chi connectivity index (χ2n) is 5.88. The summed E-state index contributed by atoms with van der Waals surface area (Å²) in [5, 5.41) is 0. The lowest BCUT2D eigenvalue weighted by Crippen LogP contribution is -2.29. The van der Waals surface area contributed by atoms with Gasteiger partial charge in [0.05, 0.1) is 12.8 Å². The number of anilines is 2. The number of benzene rings is 1. The molecular formula is C16H17N5O3. The van der Waals surface area contributed by atoms with E-state index in [9.17, 15) is 9.59 Å². The molecule has 0 aliphatic carbocycles. The number of nitrogens with zero attached hydrogens (tertiary/aromatic N) is 4. The first-order valence-electron chi connectivity index (χ1n) is 7.63. The summed E-state index contributed by atoms with van der Waals surface area (Å²) in [4.78, 5) is 32.9. The van der Waals surface area contributed by atoms with E-state index < -0.39 is 11.2 Å². The van der Waals surface area contributed by atoms with Gasteiger partial charge in [0.1, 0.15) is 5.75 Å². The number of hydrogen-bond acceptors (Lipinski definition) is 5. The van der Waals surface area contributed by atoms with Gasteiger partial charge < -0.3 is 14.2 Å². The summed E-state index contributed by atoms with van der Waals surface area (Å²) in [7, 11) is 3.22. The quantitative estimate of drug-likeness (QED) is 0.756. The van der Waals surface area contributed by atoms with E-state index in [1.807, 2.05) is 34.6 Å². The molecule has 2 aromatic heterocycles. The van der Waals surface area contributed by atoms with Crippen molar-refractivity contribution in [1.82, 2.24) is 19.1 Å². The van der Waals surface area contributed by atoms with Crippen molar-refractivity contribution >= 4 is 22.8 Å². The molecule has 3 heterocycles. The van der Waals surface area contributed by atoms with Crippen molar-refractivity contribution < 1.29 is 4.74 Å². The highest BCUT2D eigenvalue weighted by molar-refractivity contribution is 5.79. The minimum Gasteiger partial charge on any atom is -0.495 e. The van der Waals surface area contributed by atoms with Crippen LogP contribution in [0.5, 0.6) is 5.75 Å². The van der Waals surface area contributed by atoms with Crippen molar-refractivity contribution in [3.8, 4) is 5.75 Å². The molecule has 24 heavy (non-hydrogen) atoms.